The van der Waals surface area contributed by atoms with E-state index >= 15 is 0 Å². The number of benzene rings is 2. The first-order valence-corrected chi connectivity index (χ1v) is 9.71. The number of anilines is 1. The van der Waals surface area contributed by atoms with Crippen LogP contribution in [0.3, 0.4) is 0 Å². The zero-order valence-corrected chi connectivity index (χ0v) is 17.2. The van der Waals surface area contributed by atoms with Crippen molar-refractivity contribution in [2.45, 2.75) is 17.3 Å². The smallest absolute Gasteiger partial charge is 0.237 e. The van der Waals surface area contributed by atoms with Gasteiger partial charge in [-0.2, -0.15) is 5.26 Å². The lowest BCUT2D eigenvalue weighted by atomic mass is 10.2. The van der Waals surface area contributed by atoms with E-state index in [0.29, 0.717) is 33.5 Å². The summed E-state index contributed by atoms with van der Waals surface area (Å²) in [6.07, 6.45) is 0. The van der Waals surface area contributed by atoms with Gasteiger partial charge < -0.3 is 15.9 Å². The van der Waals surface area contributed by atoms with Gasteiger partial charge in [-0.15, -0.1) is 10.2 Å². The van der Waals surface area contributed by atoms with E-state index in [1.807, 2.05) is 24.3 Å². The second kappa shape index (κ2) is 8.86. The minimum Gasteiger partial charge on any atom is -0.496 e. The molecule has 0 bridgehead atoms. The van der Waals surface area contributed by atoms with Crippen LogP contribution in [0.5, 0.6) is 5.75 Å². The van der Waals surface area contributed by atoms with E-state index in [2.05, 4.69) is 15.5 Å². The summed E-state index contributed by atoms with van der Waals surface area (Å²) >= 11 is 7.17. The Kier molecular flexibility index (Phi) is 6.26. The molecular weight excluding hydrogens is 412 g/mol. The fourth-order valence-corrected chi connectivity index (χ4v) is 3.50. The number of para-hydroxylation sites is 1. The third-order valence-corrected chi connectivity index (χ3v) is 5.39. The Morgan fingerprint density at radius 2 is 2.10 bits per heavy atom. The SMILES string of the molecule is COc1ccccc1-c1nnc(SC(C)C(=O)Nc2ccc(C#N)c(Cl)c2)n1N. The van der Waals surface area contributed by atoms with Crippen molar-refractivity contribution in [1.82, 2.24) is 14.9 Å². The lowest BCUT2D eigenvalue weighted by molar-refractivity contribution is -0.115. The van der Waals surface area contributed by atoms with Crippen LogP contribution >= 0.6 is 23.4 Å². The molecule has 0 saturated carbocycles. The van der Waals surface area contributed by atoms with Gasteiger partial charge in [-0.3, -0.25) is 4.79 Å². The Bertz CT molecular complexity index is 1090. The molecule has 1 unspecified atom stereocenters. The molecule has 0 fully saturated rings. The number of aromatic nitrogens is 3. The van der Waals surface area contributed by atoms with E-state index < -0.39 is 5.25 Å². The van der Waals surface area contributed by atoms with Crippen molar-refractivity contribution in [3.05, 3.63) is 53.1 Å². The van der Waals surface area contributed by atoms with Crippen molar-refractivity contribution in [1.29, 1.82) is 5.26 Å². The van der Waals surface area contributed by atoms with E-state index in [4.69, 9.17) is 27.4 Å². The van der Waals surface area contributed by atoms with Gasteiger partial charge in [0.15, 0.2) is 5.82 Å². The molecule has 0 radical (unpaired) electrons. The lowest BCUT2D eigenvalue weighted by Crippen LogP contribution is -2.23. The molecule has 29 heavy (non-hydrogen) atoms. The van der Waals surface area contributed by atoms with Gasteiger partial charge in [0.25, 0.3) is 0 Å². The summed E-state index contributed by atoms with van der Waals surface area (Å²) in [5.41, 5.74) is 1.53. The fraction of sp³-hybridized carbons (Fsp3) is 0.158. The van der Waals surface area contributed by atoms with Gasteiger partial charge >= 0.3 is 0 Å². The molecule has 0 aliphatic heterocycles. The summed E-state index contributed by atoms with van der Waals surface area (Å²) < 4.78 is 6.66. The van der Waals surface area contributed by atoms with Crippen molar-refractivity contribution in [2.75, 3.05) is 18.3 Å². The van der Waals surface area contributed by atoms with Crippen molar-refractivity contribution < 1.29 is 9.53 Å². The maximum atomic E-state index is 12.5. The Hall–Kier alpha value is -3.22. The Morgan fingerprint density at radius 3 is 2.79 bits per heavy atom. The van der Waals surface area contributed by atoms with Gasteiger partial charge in [-0.05, 0) is 37.3 Å². The highest BCUT2D eigenvalue weighted by Gasteiger charge is 2.21. The average molecular weight is 429 g/mol. The van der Waals surface area contributed by atoms with Crippen LogP contribution in [0.4, 0.5) is 5.69 Å². The number of hydrogen-bond donors (Lipinski definition) is 2. The van der Waals surface area contributed by atoms with E-state index in [0.717, 1.165) is 11.8 Å². The number of thioether (sulfide) groups is 1. The number of ether oxygens (including phenoxy) is 1. The van der Waals surface area contributed by atoms with Crippen LogP contribution in [0.15, 0.2) is 47.6 Å². The number of nitrogen functional groups attached to an aromatic ring is 1. The molecule has 0 aliphatic rings. The summed E-state index contributed by atoms with van der Waals surface area (Å²) in [5.74, 6) is 6.93. The Morgan fingerprint density at radius 1 is 1.34 bits per heavy atom. The molecule has 1 aromatic heterocycles. The molecule has 3 aromatic rings. The number of rotatable bonds is 6. The zero-order chi connectivity index (χ0) is 21.0. The summed E-state index contributed by atoms with van der Waals surface area (Å²) in [6.45, 7) is 1.72. The molecule has 1 heterocycles. The molecular formula is C19H17ClN6O2S. The maximum absolute atomic E-state index is 12.5. The van der Waals surface area contributed by atoms with E-state index in [-0.39, 0.29) is 10.9 Å². The average Bonchev–Trinajstić information content (AvgIpc) is 3.08. The fourth-order valence-electron chi connectivity index (χ4n) is 2.51. The first kappa shape index (κ1) is 20.5. The van der Waals surface area contributed by atoms with Crippen LogP contribution in [0.2, 0.25) is 5.02 Å². The molecule has 3 rings (SSSR count). The third-order valence-electron chi connectivity index (χ3n) is 4.02. The number of nitrogens with two attached hydrogens (primary N) is 1. The number of halogens is 1. The molecule has 0 aliphatic carbocycles. The van der Waals surface area contributed by atoms with Crippen molar-refractivity contribution >= 4 is 35.0 Å². The predicted octanol–water partition coefficient (Wildman–Crippen LogP) is 3.31. The highest BCUT2D eigenvalue weighted by Crippen LogP contribution is 2.30. The lowest BCUT2D eigenvalue weighted by Gasteiger charge is -2.12. The number of methoxy groups -OCH3 is 1. The van der Waals surface area contributed by atoms with Crippen LogP contribution in [-0.2, 0) is 4.79 Å². The quantitative estimate of drug-likeness (QED) is 0.456. The third kappa shape index (κ3) is 4.45. The molecule has 2 aromatic carbocycles. The number of nitriles is 1. The van der Waals surface area contributed by atoms with Crippen LogP contribution in [0, 0.1) is 11.3 Å². The van der Waals surface area contributed by atoms with Crippen molar-refractivity contribution in [3.63, 3.8) is 0 Å². The van der Waals surface area contributed by atoms with Crippen molar-refractivity contribution in [3.8, 4) is 23.2 Å². The molecule has 0 spiro atoms. The summed E-state index contributed by atoms with van der Waals surface area (Å²) in [6, 6.07) is 14.0. The van der Waals surface area contributed by atoms with Gasteiger partial charge in [0, 0.05) is 5.69 Å². The molecule has 1 atom stereocenters. The molecule has 10 heteroatoms. The summed E-state index contributed by atoms with van der Waals surface area (Å²) in [5, 5.41) is 20.0. The van der Waals surface area contributed by atoms with Gasteiger partial charge in [0.2, 0.25) is 11.1 Å². The number of hydrogen-bond acceptors (Lipinski definition) is 7. The molecule has 8 nitrogen and oxygen atoms in total. The Labute approximate surface area is 176 Å². The number of carbonyl (C=O) groups excluding carboxylic acids is 1. The topological polar surface area (TPSA) is 119 Å². The summed E-state index contributed by atoms with van der Waals surface area (Å²) in [4.78, 5) is 12.5. The van der Waals surface area contributed by atoms with E-state index in [1.165, 1.54) is 10.7 Å². The number of nitrogens with one attached hydrogen (secondary N) is 1. The van der Waals surface area contributed by atoms with Crippen LogP contribution in [-0.4, -0.2) is 33.1 Å². The molecule has 1 amide bonds. The van der Waals surface area contributed by atoms with E-state index in [9.17, 15) is 4.79 Å². The minimum atomic E-state index is -0.513. The highest BCUT2D eigenvalue weighted by atomic mass is 35.5. The normalized spacial score (nSPS) is 11.5. The maximum Gasteiger partial charge on any atom is 0.237 e. The van der Waals surface area contributed by atoms with Crippen LogP contribution in [0.25, 0.3) is 11.4 Å². The minimum absolute atomic E-state index is 0.266. The highest BCUT2D eigenvalue weighted by molar-refractivity contribution is 8.00. The monoisotopic (exact) mass is 428 g/mol. The second-order valence-corrected chi connectivity index (χ2v) is 7.65. The largest absolute Gasteiger partial charge is 0.496 e. The second-order valence-electron chi connectivity index (χ2n) is 5.93. The van der Waals surface area contributed by atoms with Crippen LogP contribution < -0.4 is 15.9 Å². The predicted molar refractivity (Wildman–Crippen MR) is 112 cm³/mol. The molecule has 3 N–H and O–H groups in total. The van der Waals surface area contributed by atoms with Gasteiger partial charge in [0.1, 0.15) is 11.8 Å². The van der Waals surface area contributed by atoms with Crippen LogP contribution in [0.1, 0.15) is 12.5 Å². The molecule has 0 saturated heterocycles. The van der Waals surface area contributed by atoms with E-state index in [1.54, 1.807) is 32.2 Å². The number of nitrogens with zero attached hydrogens (tertiary/aromatic N) is 4. The zero-order valence-electron chi connectivity index (χ0n) is 15.6. The standard InChI is InChI=1S/C19H17ClN6O2S/c1-11(18(27)23-13-8-7-12(10-21)15(20)9-13)29-19-25-24-17(26(19)22)14-5-3-4-6-16(14)28-2/h3-9,11H,22H2,1-2H3,(H,23,27). The van der Waals surface area contributed by atoms with Crippen molar-refractivity contribution in [2.24, 2.45) is 0 Å². The summed E-state index contributed by atoms with van der Waals surface area (Å²) in [7, 11) is 1.56. The number of amides is 1. The van der Waals surface area contributed by atoms with Gasteiger partial charge in [-0.1, -0.05) is 35.5 Å². The van der Waals surface area contributed by atoms with Gasteiger partial charge in [0.05, 0.1) is 28.5 Å². The van der Waals surface area contributed by atoms with Gasteiger partial charge in [-0.25, -0.2) is 4.68 Å². The first-order valence-electron chi connectivity index (χ1n) is 8.45. The molecule has 148 valence electrons. The Balaban J connectivity index is 1.73. The number of carbonyl (C=O) groups is 1. The first-order chi connectivity index (χ1) is 13.9.